The fourth-order valence-corrected chi connectivity index (χ4v) is 3.20. The highest BCUT2D eigenvalue weighted by Gasteiger charge is 2.45. The monoisotopic (exact) mass is 260 g/mol. The molecule has 3 rings (SSSR count). The highest BCUT2D eigenvalue weighted by molar-refractivity contribution is 5.79. The molecule has 1 aromatic rings. The van der Waals surface area contributed by atoms with Crippen LogP contribution in [0, 0.1) is 5.92 Å². The summed E-state index contributed by atoms with van der Waals surface area (Å²) in [4.78, 5) is 18.3. The van der Waals surface area contributed by atoms with Crippen molar-refractivity contribution in [3.63, 3.8) is 0 Å². The minimum atomic E-state index is -0.0516. The lowest BCUT2D eigenvalue weighted by Crippen LogP contribution is -2.36. The summed E-state index contributed by atoms with van der Waals surface area (Å²) in [7, 11) is 0. The summed E-state index contributed by atoms with van der Waals surface area (Å²) in [6.45, 7) is 4.64. The lowest BCUT2D eigenvalue weighted by atomic mass is 9.94. The van der Waals surface area contributed by atoms with Crippen molar-refractivity contribution in [3.8, 4) is 0 Å². The van der Waals surface area contributed by atoms with E-state index in [1.54, 1.807) is 12.4 Å². The van der Waals surface area contributed by atoms with Crippen LogP contribution in [0.25, 0.3) is 0 Å². The number of pyridine rings is 1. The third-order valence-electron chi connectivity index (χ3n) is 4.14. The summed E-state index contributed by atoms with van der Waals surface area (Å²) in [5, 5.41) is 0. The van der Waals surface area contributed by atoms with Gasteiger partial charge in [-0.2, -0.15) is 0 Å². The second kappa shape index (κ2) is 4.93. The van der Waals surface area contributed by atoms with Gasteiger partial charge in [-0.1, -0.05) is 13.0 Å². The first kappa shape index (κ1) is 12.6. The molecule has 0 aromatic carbocycles. The van der Waals surface area contributed by atoms with Gasteiger partial charge in [0.05, 0.1) is 18.6 Å². The van der Waals surface area contributed by atoms with E-state index in [1.165, 1.54) is 0 Å². The Morgan fingerprint density at radius 2 is 2.53 bits per heavy atom. The Morgan fingerprint density at radius 3 is 3.21 bits per heavy atom. The minimum Gasteiger partial charge on any atom is -0.373 e. The van der Waals surface area contributed by atoms with Crippen LogP contribution in [0.5, 0.6) is 0 Å². The molecule has 102 valence electrons. The second-order valence-corrected chi connectivity index (χ2v) is 5.91. The number of carbonyl (C=O) groups excluding carboxylic acids is 1. The highest BCUT2D eigenvalue weighted by Crippen LogP contribution is 2.37. The smallest absolute Gasteiger partial charge is 0.227 e. The Balaban J connectivity index is 1.60. The largest absolute Gasteiger partial charge is 0.373 e. The van der Waals surface area contributed by atoms with E-state index in [2.05, 4.69) is 11.9 Å². The third-order valence-corrected chi connectivity index (χ3v) is 4.14. The number of hydrogen-bond acceptors (Lipinski definition) is 3. The van der Waals surface area contributed by atoms with Crippen LogP contribution in [0.1, 0.15) is 25.3 Å². The number of likely N-dealkylation sites (tertiary alicyclic amines) is 1. The van der Waals surface area contributed by atoms with Crippen molar-refractivity contribution in [1.29, 1.82) is 0 Å². The predicted molar refractivity (Wildman–Crippen MR) is 71.6 cm³/mol. The van der Waals surface area contributed by atoms with Crippen LogP contribution in [-0.4, -0.2) is 41.1 Å². The second-order valence-electron chi connectivity index (χ2n) is 5.91. The van der Waals surface area contributed by atoms with Gasteiger partial charge < -0.3 is 9.64 Å². The van der Waals surface area contributed by atoms with Crippen LogP contribution in [-0.2, 0) is 16.0 Å². The van der Waals surface area contributed by atoms with Gasteiger partial charge in [-0.05, 0) is 30.4 Å². The van der Waals surface area contributed by atoms with Crippen LogP contribution in [0.4, 0.5) is 0 Å². The Hall–Kier alpha value is -1.42. The molecule has 0 radical (unpaired) electrons. The van der Waals surface area contributed by atoms with Crippen molar-refractivity contribution in [3.05, 3.63) is 30.1 Å². The van der Waals surface area contributed by atoms with Gasteiger partial charge in [0.1, 0.15) is 0 Å². The van der Waals surface area contributed by atoms with Gasteiger partial charge in [0.15, 0.2) is 0 Å². The summed E-state index contributed by atoms with van der Waals surface area (Å²) < 4.78 is 5.94. The van der Waals surface area contributed by atoms with Crippen molar-refractivity contribution in [2.24, 2.45) is 5.92 Å². The van der Waals surface area contributed by atoms with Crippen LogP contribution < -0.4 is 0 Å². The summed E-state index contributed by atoms with van der Waals surface area (Å²) in [5.41, 5.74) is 0.929. The van der Waals surface area contributed by atoms with Crippen LogP contribution in [0.2, 0.25) is 0 Å². The summed E-state index contributed by atoms with van der Waals surface area (Å²) in [5.74, 6) is 0.807. The van der Waals surface area contributed by atoms with Crippen molar-refractivity contribution in [2.45, 2.75) is 31.8 Å². The lowest BCUT2D eigenvalue weighted by Gasteiger charge is -2.23. The molecule has 0 N–H and O–H groups in total. The van der Waals surface area contributed by atoms with Crippen LogP contribution >= 0.6 is 0 Å². The number of hydrogen-bond donors (Lipinski definition) is 0. The molecular weight excluding hydrogens is 240 g/mol. The third kappa shape index (κ3) is 2.63. The Kier molecular flexibility index (Phi) is 3.27. The van der Waals surface area contributed by atoms with Gasteiger partial charge in [0, 0.05) is 25.5 Å². The van der Waals surface area contributed by atoms with E-state index in [0.29, 0.717) is 12.3 Å². The van der Waals surface area contributed by atoms with Gasteiger partial charge in [-0.15, -0.1) is 0 Å². The zero-order valence-corrected chi connectivity index (χ0v) is 11.3. The molecule has 0 bridgehead atoms. The maximum absolute atomic E-state index is 12.3. The van der Waals surface area contributed by atoms with Crippen molar-refractivity contribution in [2.75, 3.05) is 19.7 Å². The van der Waals surface area contributed by atoms with E-state index in [0.717, 1.165) is 38.1 Å². The molecule has 2 aliphatic rings. The molecule has 2 aliphatic heterocycles. The van der Waals surface area contributed by atoms with Crippen LogP contribution in [0.15, 0.2) is 24.5 Å². The van der Waals surface area contributed by atoms with Crippen molar-refractivity contribution < 1.29 is 9.53 Å². The molecule has 1 amide bonds. The summed E-state index contributed by atoms with van der Waals surface area (Å²) >= 11 is 0. The fourth-order valence-electron chi connectivity index (χ4n) is 3.20. The number of ether oxygens (including phenoxy) is 1. The van der Waals surface area contributed by atoms with E-state index >= 15 is 0 Å². The van der Waals surface area contributed by atoms with E-state index in [1.807, 2.05) is 17.0 Å². The van der Waals surface area contributed by atoms with E-state index < -0.39 is 0 Å². The standard InChI is InChI=1S/C15H20N2O2/c1-12-8-15(19-10-12)4-6-17(11-15)14(18)7-13-3-2-5-16-9-13/h2-3,5,9,12H,4,6-8,10-11H2,1H3/t12-,15+/m1/s1. The first-order valence-corrected chi connectivity index (χ1v) is 6.98. The van der Waals surface area contributed by atoms with Gasteiger partial charge in [-0.25, -0.2) is 0 Å². The predicted octanol–water partition coefficient (Wildman–Crippen LogP) is 1.65. The number of nitrogens with zero attached hydrogens (tertiary/aromatic N) is 2. The van der Waals surface area contributed by atoms with Gasteiger partial charge >= 0.3 is 0 Å². The topological polar surface area (TPSA) is 42.4 Å². The SMILES string of the molecule is C[C@H]1CO[C@@]2(CCN(C(=O)Cc3cccnc3)C2)C1. The Labute approximate surface area is 113 Å². The molecule has 4 nitrogen and oxygen atoms in total. The molecule has 3 heterocycles. The molecule has 4 heteroatoms. The summed E-state index contributed by atoms with van der Waals surface area (Å²) in [6.07, 6.45) is 6.00. The van der Waals surface area contributed by atoms with Crippen LogP contribution in [0.3, 0.4) is 0 Å². The number of rotatable bonds is 2. The molecule has 2 atom stereocenters. The molecule has 2 fully saturated rings. The minimum absolute atomic E-state index is 0.0516. The number of amides is 1. The van der Waals surface area contributed by atoms with Gasteiger partial charge in [0.25, 0.3) is 0 Å². The summed E-state index contributed by atoms with van der Waals surface area (Å²) in [6, 6.07) is 3.82. The molecular formula is C15H20N2O2. The van der Waals surface area contributed by atoms with Gasteiger partial charge in [-0.3, -0.25) is 9.78 Å². The average molecular weight is 260 g/mol. The highest BCUT2D eigenvalue weighted by atomic mass is 16.5. The first-order valence-electron chi connectivity index (χ1n) is 6.98. The molecule has 0 saturated carbocycles. The molecule has 1 spiro atoms. The van der Waals surface area contributed by atoms with E-state index in [-0.39, 0.29) is 11.5 Å². The van der Waals surface area contributed by atoms with Crippen molar-refractivity contribution in [1.82, 2.24) is 9.88 Å². The van der Waals surface area contributed by atoms with E-state index in [9.17, 15) is 4.79 Å². The lowest BCUT2D eigenvalue weighted by molar-refractivity contribution is -0.130. The Morgan fingerprint density at radius 1 is 1.63 bits per heavy atom. The molecule has 1 aromatic heterocycles. The fraction of sp³-hybridized carbons (Fsp3) is 0.600. The molecule has 2 saturated heterocycles. The van der Waals surface area contributed by atoms with Gasteiger partial charge in [0.2, 0.25) is 5.91 Å². The maximum atomic E-state index is 12.3. The number of carbonyl (C=O) groups is 1. The molecule has 0 aliphatic carbocycles. The zero-order valence-electron chi connectivity index (χ0n) is 11.3. The first-order chi connectivity index (χ1) is 9.17. The molecule has 19 heavy (non-hydrogen) atoms. The number of aromatic nitrogens is 1. The quantitative estimate of drug-likeness (QED) is 0.812. The van der Waals surface area contributed by atoms with E-state index in [4.69, 9.17) is 4.74 Å². The Bertz CT molecular complexity index is 462. The van der Waals surface area contributed by atoms with Crippen molar-refractivity contribution >= 4 is 5.91 Å². The normalized spacial score (nSPS) is 30.2. The maximum Gasteiger partial charge on any atom is 0.227 e. The molecule has 0 unspecified atom stereocenters. The zero-order chi connectivity index (χ0) is 13.3. The average Bonchev–Trinajstić information content (AvgIpc) is 2.98.